The first kappa shape index (κ1) is 12.7. The van der Waals surface area contributed by atoms with Crippen LogP contribution in [0.5, 0.6) is 0 Å². The molecule has 2 atom stereocenters. The zero-order chi connectivity index (χ0) is 11.4. The second-order valence-electron chi connectivity index (χ2n) is 4.28. The predicted octanol–water partition coefficient (Wildman–Crippen LogP) is 2.90. The number of rotatable bonds is 5. The quantitative estimate of drug-likeness (QED) is 0.773. The van der Waals surface area contributed by atoms with E-state index in [9.17, 15) is 0 Å². The molecule has 0 aliphatic carbocycles. The third-order valence-electron chi connectivity index (χ3n) is 2.86. The lowest BCUT2D eigenvalue weighted by Gasteiger charge is -2.23. The van der Waals surface area contributed by atoms with Crippen molar-refractivity contribution in [2.75, 3.05) is 0 Å². The van der Waals surface area contributed by atoms with Crippen LogP contribution in [0.2, 0.25) is 0 Å². The van der Waals surface area contributed by atoms with E-state index >= 15 is 0 Å². The van der Waals surface area contributed by atoms with Gasteiger partial charge in [-0.05, 0) is 18.8 Å². The number of nitrogens with zero attached hydrogens (tertiary/aromatic N) is 3. The Bertz CT molecular complexity index is 286. The van der Waals surface area contributed by atoms with Gasteiger partial charge in [-0.25, -0.2) is 4.98 Å². The zero-order valence-electron chi connectivity index (χ0n) is 9.94. The smallest absolute Gasteiger partial charge is 0.138 e. The van der Waals surface area contributed by atoms with Gasteiger partial charge in [0.05, 0.1) is 0 Å². The van der Waals surface area contributed by atoms with Gasteiger partial charge in [0.2, 0.25) is 0 Å². The molecule has 0 radical (unpaired) electrons. The maximum Gasteiger partial charge on any atom is 0.138 e. The van der Waals surface area contributed by atoms with Gasteiger partial charge in [0, 0.05) is 17.8 Å². The van der Waals surface area contributed by atoms with Gasteiger partial charge in [-0.1, -0.05) is 36.7 Å². The molecule has 3 nitrogen and oxygen atoms in total. The second kappa shape index (κ2) is 5.64. The van der Waals surface area contributed by atoms with Crippen molar-refractivity contribution in [2.24, 2.45) is 11.8 Å². The molecule has 0 aliphatic rings. The van der Waals surface area contributed by atoms with Gasteiger partial charge in [0.15, 0.2) is 0 Å². The maximum atomic E-state index is 4.32. The Labute approximate surface area is 100 Å². The van der Waals surface area contributed by atoms with Crippen molar-refractivity contribution in [2.45, 2.75) is 45.5 Å². The highest BCUT2D eigenvalue weighted by molar-refractivity contribution is 9.09. The molecule has 0 saturated heterocycles. The van der Waals surface area contributed by atoms with Gasteiger partial charge < -0.3 is 0 Å². The number of alkyl halides is 1. The number of hydrogen-bond acceptors (Lipinski definition) is 2. The molecule has 0 amide bonds. The van der Waals surface area contributed by atoms with Crippen LogP contribution in [0.4, 0.5) is 0 Å². The Kier molecular flexibility index (Phi) is 4.77. The minimum absolute atomic E-state index is 0.513. The average Bonchev–Trinajstić information content (AvgIpc) is 2.59. The van der Waals surface area contributed by atoms with Crippen molar-refractivity contribution in [1.82, 2.24) is 14.8 Å². The fourth-order valence-electron chi connectivity index (χ4n) is 1.85. The summed E-state index contributed by atoms with van der Waals surface area (Å²) >= 11 is 3.68. The number of halogens is 1. The summed E-state index contributed by atoms with van der Waals surface area (Å²) in [6.45, 7) is 9.72. The van der Waals surface area contributed by atoms with Crippen LogP contribution >= 0.6 is 15.9 Å². The standard InChI is InChI=1S/C11H20BrN3/c1-5-15-11(13-7-14-15)6-10(8(2)3)9(4)12/h7-10H,5-6H2,1-4H3. The first-order chi connectivity index (χ1) is 7.06. The van der Waals surface area contributed by atoms with Gasteiger partial charge in [-0.3, -0.25) is 4.68 Å². The van der Waals surface area contributed by atoms with Gasteiger partial charge >= 0.3 is 0 Å². The van der Waals surface area contributed by atoms with E-state index in [1.807, 2.05) is 4.68 Å². The molecule has 0 bridgehead atoms. The molecule has 1 aromatic heterocycles. The van der Waals surface area contributed by atoms with Crippen molar-refractivity contribution in [1.29, 1.82) is 0 Å². The number of aryl methyl sites for hydroxylation is 1. The van der Waals surface area contributed by atoms with Crippen molar-refractivity contribution >= 4 is 15.9 Å². The highest BCUT2D eigenvalue weighted by Gasteiger charge is 2.21. The van der Waals surface area contributed by atoms with Crippen LogP contribution in [0.25, 0.3) is 0 Å². The van der Waals surface area contributed by atoms with Crippen LogP contribution in [-0.4, -0.2) is 19.6 Å². The third kappa shape index (κ3) is 3.30. The van der Waals surface area contributed by atoms with Crippen LogP contribution in [0.1, 0.15) is 33.5 Å². The van der Waals surface area contributed by atoms with Gasteiger partial charge in [-0.2, -0.15) is 5.10 Å². The van der Waals surface area contributed by atoms with Crippen LogP contribution in [0, 0.1) is 11.8 Å². The van der Waals surface area contributed by atoms with Crippen LogP contribution in [0.3, 0.4) is 0 Å². The molecule has 1 aromatic rings. The van der Waals surface area contributed by atoms with Crippen molar-refractivity contribution < 1.29 is 0 Å². The molecule has 0 spiro atoms. The molecule has 1 heterocycles. The largest absolute Gasteiger partial charge is 0.250 e. The molecule has 4 heteroatoms. The Morgan fingerprint density at radius 1 is 1.40 bits per heavy atom. The van der Waals surface area contributed by atoms with E-state index in [1.165, 1.54) is 0 Å². The van der Waals surface area contributed by atoms with Gasteiger partial charge in [-0.15, -0.1) is 0 Å². The Morgan fingerprint density at radius 2 is 2.07 bits per heavy atom. The predicted molar refractivity (Wildman–Crippen MR) is 66.1 cm³/mol. The van der Waals surface area contributed by atoms with Crippen LogP contribution in [-0.2, 0) is 13.0 Å². The van der Waals surface area contributed by atoms with E-state index in [4.69, 9.17) is 0 Å². The fourth-order valence-corrected chi connectivity index (χ4v) is 2.65. The van der Waals surface area contributed by atoms with Crippen LogP contribution in [0.15, 0.2) is 6.33 Å². The molecule has 15 heavy (non-hydrogen) atoms. The Morgan fingerprint density at radius 3 is 2.53 bits per heavy atom. The van der Waals surface area contributed by atoms with E-state index in [0.29, 0.717) is 16.7 Å². The highest BCUT2D eigenvalue weighted by atomic mass is 79.9. The van der Waals surface area contributed by atoms with Crippen molar-refractivity contribution in [3.8, 4) is 0 Å². The average molecular weight is 274 g/mol. The van der Waals surface area contributed by atoms with Gasteiger partial charge in [0.25, 0.3) is 0 Å². The second-order valence-corrected chi connectivity index (χ2v) is 5.73. The number of hydrogen-bond donors (Lipinski definition) is 0. The van der Waals surface area contributed by atoms with Crippen molar-refractivity contribution in [3.63, 3.8) is 0 Å². The van der Waals surface area contributed by atoms with E-state index in [1.54, 1.807) is 6.33 Å². The Balaban J connectivity index is 2.74. The molecule has 0 N–H and O–H groups in total. The molecule has 2 unspecified atom stereocenters. The lowest BCUT2D eigenvalue weighted by Crippen LogP contribution is -2.22. The lowest BCUT2D eigenvalue weighted by molar-refractivity contribution is 0.369. The molecular formula is C11H20BrN3. The van der Waals surface area contributed by atoms with Gasteiger partial charge in [0.1, 0.15) is 12.2 Å². The van der Waals surface area contributed by atoms with Crippen LogP contribution < -0.4 is 0 Å². The van der Waals surface area contributed by atoms with E-state index < -0.39 is 0 Å². The summed E-state index contributed by atoms with van der Waals surface area (Å²) in [7, 11) is 0. The summed E-state index contributed by atoms with van der Waals surface area (Å²) in [5, 5.41) is 4.20. The normalized spacial score (nSPS) is 15.6. The number of aromatic nitrogens is 3. The molecule has 86 valence electrons. The summed E-state index contributed by atoms with van der Waals surface area (Å²) in [6, 6.07) is 0. The van der Waals surface area contributed by atoms with E-state index in [2.05, 4.69) is 53.7 Å². The minimum atomic E-state index is 0.513. The summed E-state index contributed by atoms with van der Waals surface area (Å²) < 4.78 is 1.98. The van der Waals surface area contributed by atoms with E-state index in [0.717, 1.165) is 18.8 Å². The molecule has 0 saturated carbocycles. The molecular weight excluding hydrogens is 254 g/mol. The minimum Gasteiger partial charge on any atom is -0.250 e. The molecule has 0 fully saturated rings. The maximum absolute atomic E-state index is 4.32. The highest BCUT2D eigenvalue weighted by Crippen LogP contribution is 2.24. The SMILES string of the molecule is CCn1ncnc1CC(C(C)C)C(C)Br. The topological polar surface area (TPSA) is 30.7 Å². The lowest BCUT2D eigenvalue weighted by atomic mass is 9.90. The van der Waals surface area contributed by atoms with E-state index in [-0.39, 0.29) is 0 Å². The Hall–Kier alpha value is -0.380. The first-order valence-electron chi connectivity index (χ1n) is 5.57. The zero-order valence-corrected chi connectivity index (χ0v) is 11.5. The molecule has 1 rings (SSSR count). The third-order valence-corrected chi connectivity index (χ3v) is 3.54. The fraction of sp³-hybridized carbons (Fsp3) is 0.818. The first-order valence-corrected chi connectivity index (χ1v) is 6.48. The molecule has 0 aromatic carbocycles. The summed E-state index contributed by atoms with van der Waals surface area (Å²) in [5.74, 6) is 2.36. The molecule has 0 aliphatic heterocycles. The van der Waals surface area contributed by atoms with Crippen molar-refractivity contribution in [3.05, 3.63) is 12.2 Å². The summed E-state index contributed by atoms with van der Waals surface area (Å²) in [4.78, 5) is 4.84. The summed E-state index contributed by atoms with van der Waals surface area (Å²) in [5.41, 5.74) is 0. The summed E-state index contributed by atoms with van der Waals surface area (Å²) in [6.07, 6.45) is 2.65. The monoisotopic (exact) mass is 273 g/mol.